The molecule has 0 atom stereocenters. The quantitative estimate of drug-likeness (QED) is 0.822. The summed E-state index contributed by atoms with van der Waals surface area (Å²) in [6, 6.07) is 1.87. The summed E-state index contributed by atoms with van der Waals surface area (Å²) in [5, 5.41) is 0.564. The Labute approximate surface area is 100 Å². The van der Waals surface area contributed by atoms with Crippen LogP contribution in [0.2, 0.25) is 5.02 Å². The van der Waals surface area contributed by atoms with Gasteiger partial charge in [-0.15, -0.1) is 0 Å². The van der Waals surface area contributed by atoms with Crippen LogP contribution < -0.4 is 15.2 Å². The third kappa shape index (κ3) is 1.85. The molecule has 0 radical (unpaired) electrons. The number of hydrogen-bond acceptors (Lipinski definition) is 3. The van der Waals surface area contributed by atoms with Gasteiger partial charge in [-0.1, -0.05) is 11.6 Å². The van der Waals surface area contributed by atoms with E-state index in [1.165, 1.54) is 0 Å². The highest BCUT2D eigenvalue weighted by molar-refractivity contribution is 6.32. The van der Waals surface area contributed by atoms with Gasteiger partial charge in [-0.2, -0.15) is 0 Å². The Kier molecular flexibility index (Phi) is 2.76. The summed E-state index contributed by atoms with van der Waals surface area (Å²) in [6.07, 6.45) is 0. The molecule has 1 aliphatic rings. The number of hydrogen-bond donors (Lipinski definition) is 1. The molecule has 1 aliphatic heterocycles. The highest BCUT2D eigenvalue weighted by Crippen LogP contribution is 2.43. The molecular weight excluding hydrogens is 226 g/mol. The van der Waals surface area contributed by atoms with Crippen molar-refractivity contribution in [1.82, 2.24) is 0 Å². The van der Waals surface area contributed by atoms with Crippen LogP contribution in [-0.2, 0) is 5.54 Å². The van der Waals surface area contributed by atoms with Crippen LogP contribution in [0.3, 0.4) is 0 Å². The smallest absolute Gasteiger partial charge is 0.180 e. The number of nitrogens with two attached hydrogens (primary N) is 1. The fourth-order valence-electron chi connectivity index (χ4n) is 1.97. The lowest BCUT2D eigenvalue weighted by Crippen LogP contribution is -2.30. The third-order valence-corrected chi connectivity index (χ3v) is 2.99. The predicted octanol–water partition coefficient (Wildman–Crippen LogP) is 2.61. The fourth-order valence-corrected chi connectivity index (χ4v) is 2.22. The van der Waals surface area contributed by atoms with Crippen LogP contribution in [-0.4, -0.2) is 13.2 Å². The zero-order valence-corrected chi connectivity index (χ0v) is 10.5. The number of fused-ring (bicyclic) bond motifs is 1. The first kappa shape index (κ1) is 11.6. The number of rotatable bonds is 1. The first-order chi connectivity index (χ1) is 7.41. The molecule has 1 heterocycles. The van der Waals surface area contributed by atoms with E-state index in [9.17, 15) is 0 Å². The normalized spacial score (nSPS) is 15.1. The van der Waals surface area contributed by atoms with Crippen molar-refractivity contribution in [3.05, 3.63) is 22.2 Å². The number of benzene rings is 1. The van der Waals surface area contributed by atoms with Gasteiger partial charge in [-0.25, -0.2) is 0 Å². The van der Waals surface area contributed by atoms with E-state index in [2.05, 4.69) is 0 Å². The summed E-state index contributed by atoms with van der Waals surface area (Å²) in [5.74, 6) is 1.37. The molecule has 0 saturated heterocycles. The minimum atomic E-state index is -0.441. The largest absolute Gasteiger partial charge is 0.486 e. The third-order valence-electron chi connectivity index (χ3n) is 2.71. The molecule has 0 bridgehead atoms. The van der Waals surface area contributed by atoms with E-state index in [1.807, 2.05) is 26.8 Å². The van der Waals surface area contributed by atoms with Gasteiger partial charge < -0.3 is 15.2 Å². The average molecular weight is 242 g/mol. The van der Waals surface area contributed by atoms with Gasteiger partial charge >= 0.3 is 0 Å². The Morgan fingerprint density at radius 2 is 1.81 bits per heavy atom. The maximum atomic E-state index is 6.16. The van der Waals surface area contributed by atoms with Crippen LogP contribution in [0.15, 0.2) is 6.07 Å². The van der Waals surface area contributed by atoms with E-state index in [0.717, 1.165) is 16.9 Å². The van der Waals surface area contributed by atoms with E-state index in [-0.39, 0.29) is 0 Å². The van der Waals surface area contributed by atoms with Crippen molar-refractivity contribution >= 4 is 11.6 Å². The molecule has 0 saturated carbocycles. The molecule has 0 spiro atoms. The molecule has 2 rings (SSSR count). The number of ether oxygens (including phenoxy) is 2. The fraction of sp³-hybridized carbons (Fsp3) is 0.500. The van der Waals surface area contributed by atoms with E-state index < -0.39 is 5.54 Å². The highest BCUT2D eigenvalue weighted by Gasteiger charge is 2.26. The lowest BCUT2D eigenvalue weighted by Gasteiger charge is -2.27. The first-order valence-electron chi connectivity index (χ1n) is 5.29. The lowest BCUT2D eigenvalue weighted by molar-refractivity contribution is 0.170. The monoisotopic (exact) mass is 241 g/mol. The Hall–Kier alpha value is -0.930. The predicted molar refractivity (Wildman–Crippen MR) is 64.4 cm³/mol. The second-order valence-electron chi connectivity index (χ2n) is 4.61. The molecular formula is C12H16ClNO2. The summed E-state index contributed by atoms with van der Waals surface area (Å²) in [4.78, 5) is 0. The van der Waals surface area contributed by atoms with Crippen molar-refractivity contribution in [3.63, 3.8) is 0 Å². The maximum Gasteiger partial charge on any atom is 0.180 e. The van der Waals surface area contributed by atoms with Crippen LogP contribution in [0.4, 0.5) is 0 Å². The van der Waals surface area contributed by atoms with Crippen LogP contribution >= 0.6 is 11.6 Å². The van der Waals surface area contributed by atoms with Crippen molar-refractivity contribution in [3.8, 4) is 11.5 Å². The van der Waals surface area contributed by atoms with E-state index in [0.29, 0.717) is 24.0 Å². The Balaban J connectivity index is 2.63. The Morgan fingerprint density at radius 1 is 1.25 bits per heavy atom. The van der Waals surface area contributed by atoms with Crippen molar-refractivity contribution in [1.29, 1.82) is 0 Å². The van der Waals surface area contributed by atoms with Crippen molar-refractivity contribution in [2.24, 2.45) is 5.73 Å². The van der Waals surface area contributed by atoms with E-state index in [1.54, 1.807) is 0 Å². The Bertz CT molecular complexity index is 424. The summed E-state index contributed by atoms with van der Waals surface area (Å²) < 4.78 is 11.1. The van der Waals surface area contributed by atoms with Crippen LogP contribution in [0.5, 0.6) is 11.5 Å². The van der Waals surface area contributed by atoms with E-state index in [4.69, 9.17) is 26.8 Å². The minimum Gasteiger partial charge on any atom is -0.486 e. The molecule has 1 aromatic rings. The van der Waals surface area contributed by atoms with Crippen LogP contribution in [0.1, 0.15) is 25.0 Å². The molecule has 0 fully saturated rings. The van der Waals surface area contributed by atoms with Gasteiger partial charge in [0.1, 0.15) is 13.2 Å². The summed E-state index contributed by atoms with van der Waals surface area (Å²) in [5.41, 5.74) is 7.66. The molecule has 4 heteroatoms. The molecule has 0 unspecified atom stereocenters. The van der Waals surface area contributed by atoms with Crippen LogP contribution in [0, 0.1) is 6.92 Å². The standard InChI is InChI=1S/C12H16ClNO2/c1-7-8(12(2,3)14)6-9(13)11-10(7)15-4-5-16-11/h6H,4-5,14H2,1-3H3. The van der Waals surface area contributed by atoms with Gasteiger partial charge in [0.25, 0.3) is 0 Å². The maximum absolute atomic E-state index is 6.16. The van der Waals surface area contributed by atoms with Gasteiger partial charge in [0.2, 0.25) is 0 Å². The zero-order valence-electron chi connectivity index (χ0n) is 9.76. The molecule has 16 heavy (non-hydrogen) atoms. The average Bonchev–Trinajstić information content (AvgIpc) is 2.22. The van der Waals surface area contributed by atoms with Crippen molar-refractivity contribution in [2.45, 2.75) is 26.3 Å². The lowest BCUT2D eigenvalue weighted by atomic mass is 9.90. The zero-order chi connectivity index (χ0) is 11.9. The second kappa shape index (κ2) is 3.82. The minimum absolute atomic E-state index is 0.441. The molecule has 0 aromatic heterocycles. The molecule has 0 aliphatic carbocycles. The Morgan fingerprint density at radius 3 is 2.38 bits per heavy atom. The molecule has 2 N–H and O–H groups in total. The van der Waals surface area contributed by atoms with Crippen molar-refractivity contribution < 1.29 is 9.47 Å². The van der Waals surface area contributed by atoms with Gasteiger partial charge in [0, 0.05) is 11.1 Å². The molecule has 0 amide bonds. The molecule has 1 aromatic carbocycles. The second-order valence-corrected chi connectivity index (χ2v) is 5.02. The van der Waals surface area contributed by atoms with Crippen molar-refractivity contribution in [2.75, 3.05) is 13.2 Å². The molecule has 88 valence electrons. The van der Waals surface area contributed by atoms with Gasteiger partial charge in [0.15, 0.2) is 11.5 Å². The van der Waals surface area contributed by atoms with Gasteiger partial charge in [0.05, 0.1) is 5.02 Å². The summed E-state index contributed by atoms with van der Waals surface area (Å²) >= 11 is 6.16. The highest BCUT2D eigenvalue weighted by atomic mass is 35.5. The molecule has 3 nitrogen and oxygen atoms in total. The van der Waals surface area contributed by atoms with Gasteiger partial charge in [-0.3, -0.25) is 0 Å². The number of halogens is 1. The van der Waals surface area contributed by atoms with E-state index >= 15 is 0 Å². The van der Waals surface area contributed by atoms with Crippen LogP contribution in [0.25, 0.3) is 0 Å². The summed E-state index contributed by atoms with van der Waals surface area (Å²) in [7, 11) is 0. The summed E-state index contributed by atoms with van der Waals surface area (Å²) in [6.45, 7) is 6.97. The SMILES string of the molecule is Cc1c(C(C)(C)N)cc(Cl)c2c1OCCO2. The van der Waals surface area contributed by atoms with Gasteiger partial charge in [-0.05, 0) is 32.4 Å². The first-order valence-corrected chi connectivity index (χ1v) is 5.67. The topological polar surface area (TPSA) is 44.5 Å².